The molecule has 3 rings (SSSR count). The Balaban J connectivity index is 1.41. The molecule has 24 heavy (non-hydrogen) atoms. The summed E-state index contributed by atoms with van der Waals surface area (Å²) in [5.41, 5.74) is 0. The van der Waals surface area contributed by atoms with Crippen molar-refractivity contribution in [2.45, 2.75) is 31.7 Å². The molecule has 0 bridgehead atoms. The molecule has 1 aromatic heterocycles. The van der Waals surface area contributed by atoms with Crippen LogP contribution in [0.15, 0.2) is 18.5 Å². The van der Waals surface area contributed by atoms with Gasteiger partial charge in [0.25, 0.3) is 0 Å². The van der Waals surface area contributed by atoms with E-state index in [2.05, 4.69) is 33.8 Å². The molecule has 136 valence electrons. The normalized spacial score (nSPS) is 29.0. The molecule has 1 aromatic rings. The van der Waals surface area contributed by atoms with E-state index < -0.39 is 0 Å². The van der Waals surface area contributed by atoms with Gasteiger partial charge in [0.2, 0.25) is 0 Å². The second-order valence-corrected chi connectivity index (χ2v) is 7.24. The first-order valence-corrected chi connectivity index (χ1v) is 9.02. The number of morpholine rings is 1. The summed E-state index contributed by atoms with van der Waals surface area (Å²) in [5.74, 6) is 0. The molecule has 0 radical (unpaired) electrons. The highest BCUT2D eigenvalue weighted by Crippen LogP contribution is 2.13. The lowest BCUT2D eigenvalue weighted by molar-refractivity contribution is -0.0482. The van der Waals surface area contributed by atoms with E-state index in [0.29, 0.717) is 25.2 Å². The summed E-state index contributed by atoms with van der Waals surface area (Å²) >= 11 is 0. The summed E-state index contributed by atoms with van der Waals surface area (Å²) in [6, 6.07) is 2.34. The summed E-state index contributed by atoms with van der Waals surface area (Å²) in [6.07, 6.45) is 3.59. The summed E-state index contributed by atoms with van der Waals surface area (Å²) in [6.45, 7) is 10.5. The molecule has 7 nitrogen and oxygen atoms in total. The lowest BCUT2D eigenvalue weighted by Crippen LogP contribution is -2.56. The summed E-state index contributed by atoms with van der Waals surface area (Å²) < 4.78 is 7.68. The SMILES string of the molecule is C[C@@H]1CN(C[C@H]2CN(C)CCO2)CCN1C[C@@H](O)Cn1cccn1. The van der Waals surface area contributed by atoms with E-state index in [1.807, 2.05) is 12.3 Å². The van der Waals surface area contributed by atoms with Crippen LogP contribution >= 0.6 is 0 Å². The highest BCUT2D eigenvalue weighted by atomic mass is 16.5. The molecule has 0 unspecified atom stereocenters. The first kappa shape index (κ1) is 17.8. The van der Waals surface area contributed by atoms with Crippen molar-refractivity contribution in [2.75, 3.05) is 59.5 Å². The molecule has 2 saturated heterocycles. The van der Waals surface area contributed by atoms with Crippen LogP contribution in [0.4, 0.5) is 0 Å². The maximum Gasteiger partial charge on any atom is 0.0862 e. The van der Waals surface area contributed by atoms with Crippen LogP contribution in [0.2, 0.25) is 0 Å². The maximum absolute atomic E-state index is 10.3. The number of aliphatic hydroxyl groups is 1. The van der Waals surface area contributed by atoms with Crippen LogP contribution in [0, 0.1) is 0 Å². The minimum Gasteiger partial charge on any atom is -0.390 e. The minimum atomic E-state index is -0.380. The van der Waals surface area contributed by atoms with Gasteiger partial charge in [-0.2, -0.15) is 5.10 Å². The van der Waals surface area contributed by atoms with E-state index in [-0.39, 0.29) is 6.10 Å². The van der Waals surface area contributed by atoms with Gasteiger partial charge in [-0.05, 0) is 20.0 Å². The van der Waals surface area contributed by atoms with Gasteiger partial charge in [0.05, 0.1) is 25.4 Å². The summed E-state index contributed by atoms with van der Waals surface area (Å²) in [5, 5.41) is 14.5. The number of β-amino-alcohol motifs (C(OH)–C–C–N with tert-alkyl or cyclic N) is 1. The van der Waals surface area contributed by atoms with Crippen LogP contribution in [0.1, 0.15) is 6.92 Å². The number of hydrogen-bond donors (Lipinski definition) is 1. The van der Waals surface area contributed by atoms with E-state index >= 15 is 0 Å². The Morgan fingerprint density at radius 3 is 2.83 bits per heavy atom. The Morgan fingerprint density at radius 2 is 2.12 bits per heavy atom. The van der Waals surface area contributed by atoms with Crippen molar-refractivity contribution < 1.29 is 9.84 Å². The molecule has 2 aliphatic rings. The molecule has 0 aromatic carbocycles. The van der Waals surface area contributed by atoms with Gasteiger partial charge in [0.1, 0.15) is 0 Å². The van der Waals surface area contributed by atoms with Crippen LogP contribution in [-0.2, 0) is 11.3 Å². The molecule has 2 aliphatic heterocycles. The van der Waals surface area contributed by atoms with Gasteiger partial charge >= 0.3 is 0 Å². The van der Waals surface area contributed by atoms with E-state index in [4.69, 9.17) is 4.74 Å². The van der Waals surface area contributed by atoms with Gasteiger partial charge in [-0.1, -0.05) is 0 Å². The Bertz CT molecular complexity index is 483. The third-order valence-corrected chi connectivity index (χ3v) is 5.06. The quantitative estimate of drug-likeness (QED) is 0.761. The van der Waals surface area contributed by atoms with Crippen molar-refractivity contribution in [3.63, 3.8) is 0 Å². The Hall–Kier alpha value is -0.990. The van der Waals surface area contributed by atoms with E-state index in [1.54, 1.807) is 10.9 Å². The fourth-order valence-electron chi connectivity index (χ4n) is 3.73. The average molecular weight is 337 g/mol. The Kier molecular flexibility index (Phi) is 6.24. The van der Waals surface area contributed by atoms with Crippen molar-refractivity contribution in [3.05, 3.63) is 18.5 Å². The summed E-state index contributed by atoms with van der Waals surface area (Å²) in [4.78, 5) is 7.24. The van der Waals surface area contributed by atoms with Crippen LogP contribution in [-0.4, -0.2) is 107 Å². The van der Waals surface area contributed by atoms with Crippen molar-refractivity contribution in [1.29, 1.82) is 0 Å². The van der Waals surface area contributed by atoms with E-state index in [1.165, 1.54) is 0 Å². The molecule has 0 spiro atoms. The smallest absolute Gasteiger partial charge is 0.0862 e. The number of rotatable bonds is 6. The molecule has 0 aliphatic carbocycles. The van der Waals surface area contributed by atoms with Crippen molar-refractivity contribution in [2.24, 2.45) is 0 Å². The largest absolute Gasteiger partial charge is 0.390 e. The van der Waals surface area contributed by atoms with Crippen LogP contribution < -0.4 is 0 Å². The second kappa shape index (κ2) is 8.40. The first-order valence-electron chi connectivity index (χ1n) is 9.02. The van der Waals surface area contributed by atoms with Crippen molar-refractivity contribution in [3.8, 4) is 0 Å². The van der Waals surface area contributed by atoms with Crippen LogP contribution in [0.5, 0.6) is 0 Å². The zero-order valence-electron chi connectivity index (χ0n) is 14.9. The fraction of sp³-hybridized carbons (Fsp3) is 0.824. The third kappa shape index (κ3) is 5.00. The number of aromatic nitrogens is 2. The van der Waals surface area contributed by atoms with E-state index in [9.17, 15) is 5.11 Å². The van der Waals surface area contributed by atoms with Gasteiger partial charge in [-0.3, -0.25) is 14.5 Å². The maximum atomic E-state index is 10.3. The number of likely N-dealkylation sites (N-methyl/N-ethyl adjacent to an activating group) is 1. The van der Waals surface area contributed by atoms with Crippen molar-refractivity contribution in [1.82, 2.24) is 24.5 Å². The molecular formula is C17H31N5O2. The lowest BCUT2D eigenvalue weighted by Gasteiger charge is -2.42. The molecule has 7 heteroatoms. The average Bonchev–Trinajstić information content (AvgIpc) is 3.03. The van der Waals surface area contributed by atoms with Gasteiger partial charge in [0.15, 0.2) is 0 Å². The fourth-order valence-corrected chi connectivity index (χ4v) is 3.73. The predicted octanol–water partition coefficient (Wildman–Crippen LogP) is -0.419. The molecule has 3 heterocycles. The second-order valence-electron chi connectivity index (χ2n) is 7.24. The highest BCUT2D eigenvalue weighted by Gasteiger charge is 2.28. The zero-order chi connectivity index (χ0) is 16.9. The van der Waals surface area contributed by atoms with Crippen LogP contribution in [0.25, 0.3) is 0 Å². The van der Waals surface area contributed by atoms with Crippen molar-refractivity contribution >= 4 is 0 Å². The summed E-state index contributed by atoms with van der Waals surface area (Å²) in [7, 11) is 2.16. The monoisotopic (exact) mass is 337 g/mol. The molecule has 1 N–H and O–H groups in total. The number of nitrogens with zero attached hydrogens (tertiary/aromatic N) is 5. The number of hydrogen-bond acceptors (Lipinski definition) is 6. The molecule has 0 amide bonds. The lowest BCUT2D eigenvalue weighted by atomic mass is 10.1. The molecule has 0 saturated carbocycles. The number of piperazine rings is 1. The van der Waals surface area contributed by atoms with Gasteiger partial charge < -0.3 is 14.7 Å². The topological polar surface area (TPSA) is 57.0 Å². The highest BCUT2D eigenvalue weighted by molar-refractivity contribution is 4.84. The standard InChI is InChI=1S/C17H31N5O2/c1-15-10-20(14-17-13-19(2)8-9-24-17)6-7-21(15)11-16(23)12-22-5-3-4-18-22/h3-5,15-17,23H,6-14H2,1-2H3/t15-,16-,17-/m1/s1. The Labute approximate surface area is 144 Å². The van der Waals surface area contributed by atoms with Gasteiger partial charge in [-0.15, -0.1) is 0 Å². The zero-order valence-corrected chi connectivity index (χ0v) is 14.9. The molecule has 3 atom stereocenters. The first-order chi connectivity index (χ1) is 11.6. The van der Waals surface area contributed by atoms with Gasteiger partial charge in [0, 0.05) is 64.2 Å². The molecule has 2 fully saturated rings. The minimum absolute atomic E-state index is 0.327. The van der Waals surface area contributed by atoms with E-state index in [0.717, 1.165) is 45.9 Å². The third-order valence-electron chi connectivity index (χ3n) is 5.06. The van der Waals surface area contributed by atoms with Crippen LogP contribution in [0.3, 0.4) is 0 Å². The molecular weight excluding hydrogens is 306 g/mol. The Morgan fingerprint density at radius 1 is 1.25 bits per heavy atom. The van der Waals surface area contributed by atoms with Gasteiger partial charge in [-0.25, -0.2) is 0 Å². The predicted molar refractivity (Wildman–Crippen MR) is 92.9 cm³/mol. The number of aliphatic hydroxyl groups excluding tert-OH is 1. The number of ether oxygens (including phenoxy) is 1.